The molecule has 0 aliphatic heterocycles. The molecule has 0 spiro atoms. The first-order chi connectivity index (χ1) is 10.1. The first kappa shape index (κ1) is 15.5. The largest absolute Gasteiger partial charge is 0.362 e. The molecule has 1 atom stereocenters. The summed E-state index contributed by atoms with van der Waals surface area (Å²) >= 11 is 5.35. The maximum absolute atomic E-state index is 5.35. The van der Waals surface area contributed by atoms with Crippen molar-refractivity contribution < 1.29 is 0 Å². The predicted octanol–water partition coefficient (Wildman–Crippen LogP) is 2.50. The summed E-state index contributed by atoms with van der Waals surface area (Å²) in [5.41, 5.74) is 3.51. The summed E-state index contributed by atoms with van der Waals surface area (Å²) < 4.78 is 1.83. The van der Waals surface area contributed by atoms with Crippen molar-refractivity contribution in [2.75, 3.05) is 6.54 Å². The molecule has 2 N–H and O–H groups in total. The number of nitrogens with one attached hydrogen (secondary N) is 2. The SMILES string of the molecule is Cc1nn(C)cc1C(C)NC(=S)NCCc1ccccc1. The van der Waals surface area contributed by atoms with Crippen LogP contribution < -0.4 is 10.6 Å². The fourth-order valence-corrected chi connectivity index (χ4v) is 2.61. The van der Waals surface area contributed by atoms with Gasteiger partial charge in [0.25, 0.3) is 0 Å². The average Bonchev–Trinajstić information content (AvgIpc) is 2.79. The van der Waals surface area contributed by atoms with Crippen molar-refractivity contribution in [3.63, 3.8) is 0 Å². The molecular weight excluding hydrogens is 280 g/mol. The van der Waals surface area contributed by atoms with Gasteiger partial charge in [-0.1, -0.05) is 30.3 Å². The minimum absolute atomic E-state index is 0.149. The van der Waals surface area contributed by atoms with E-state index in [4.69, 9.17) is 12.2 Å². The summed E-state index contributed by atoms with van der Waals surface area (Å²) in [7, 11) is 1.93. The maximum atomic E-state index is 5.35. The molecule has 0 fully saturated rings. The Hall–Kier alpha value is -1.88. The third kappa shape index (κ3) is 4.56. The lowest BCUT2D eigenvalue weighted by atomic mass is 10.1. The molecule has 4 nitrogen and oxygen atoms in total. The fourth-order valence-electron chi connectivity index (χ4n) is 2.33. The molecule has 0 saturated heterocycles. The van der Waals surface area contributed by atoms with Crippen molar-refractivity contribution in [3.05, 3.63) is 53.3 Å². The van der Waals surface area contributed by atoms with E-state index >= 15 is 0 Å². The van der Waals surface area contributed by atoms with Crippen LogP contribution in [0.15, 0.2) is 36.5 Å². The highest BCUT2D eigenvalue weighted by molar-refractivity contribution is 7.80. The second kappa shape index (κ2) is 7.22. The fraction of sp³-hybridized carbons (Fsp3) is 0.375. The van der Waals surface area contributed by atoms with Gasteiger partial charge in [0.05, 0.1) is 11.7 Å². The van der Waals surface area contributed by atoms with Crippen LogP contribution in [0.4, 0.5) is 0 Å². The summed E-state index contributed by atoms with van der Waals surface area (Å²) in [6.45, 7) is 4.93. The Bertz CT molecular complexity index is 592. The number of benzene rings is 1. The van der Waals surface area contributed by atoms with Gasteiger partial charge in [-0.05, 0) is 38.0 Å². The normalized spacial score (nSPS) is 12.0. The van der Waals surface area contributed by atoms with Crippen LogP contribution in [0, 0.1) is 6.92 Å². The van der Waals surface area contributed by atoms with E-state index in [9.17, 15) is 0 Å². The van der Waals surface area contributed by atoms with Crippen molar-refractivity contribution in [1.82, 2.24) is 20.4 Å². The topological polar surface area (TPSA) is 41.9 Å². The lowest BCUT2D eigenvalue weighted by Crippen LogP contribution is -2.37. The highest BCUT2D eigenvalue weighted by atomic mass is 32.1. The van der Waals surface area contributed by atoms with Gasteiger partial charge in [-0.25, -0.2) is 0 Å². The molecule has 0 amide bonds. The van der Waals surface area contributed by atoms with Crippen LogP contribution in [-0.4, -0.2) is 21.4 Å². The van der Waals surface area contributed by atoms with E-state index in [1.54, 1.807) is 0 Å². The number of aryl methyl sites for hydroxylation is 2. The molecule has 5 heteroatoms. The molecule has 0 radical (unpaired) electrons. The summed E-state index contributed by atoms with van der Waals surface area (Å²) in [6.07, 6.45) is 2.99. The van der Waals surface area contributed by atoms with Gasteiger partial charge in [0.1, 0.15) is 0 Å². The first-order valence-electron chi connectivity index (χ1n) is 7.14. The quantitative estimate of drug-likeness (QED) is 0.833. The van der Waals surface area contributed by atoms with Crippen molar-refractivity contribution in [1.29, 1.82) is 0 Å². The Morgan fingerprint density at radius 2 is 2.05 bits per heavy atom. The van der Waals surface area contributed by atoms with Crippen LogP contribution >= 0.6 is 12.2 Å². The molecule has 1 aromatic heterocycles. The van der Waals surface area contributed by atoms with E-state index in [0.29, 0.717) is 5.11 Å². The zero-order valence-corrected chi connectivity index (χ0v) is 13.6. The summed E-state index contributed by atoms with van der Waals surface area (Å²) in [5, 5.41) is 11.6. The van der Waals surface area contributed by atoms with E-state index in [1.807, 2.05) is 30.9 Å². The van der Waals surface area contributed by atoms with Gasteiger partial charge in [0, 0.05) is 25.4 Å². The second-order valence-electron chi connectivity index (χ2n) is 5.20. The Labute approximate surface area is 131 Å². The monoisotopic (exact) mass is 302 g/mol. The Morgan fingerprint density at radius 3 is 2.67 bits per heavy atom. The van der Waals surface area contributed by atoms with Crippen molar-refractivity contribution in [3.8, 4) is 0 Å². The standard InChI is InChI=1S/C16H22N4S/c1-12(15-11-20(3)19-13(15)2)18-16(21)17-10-9-14-7-5-4-6-8-14/h4-8,11-12H,9-10H2,1-3H3,(H2,17,18,21). The summed E-state index contributed by atoms with van der Waals surface area (Å²) in [4.78, 5) is 0. The van der Waals surface area contributed by atoms with Gasteiger partial charge in [-0.3, -0.25) is 4.68 Å². The van der Waals surface area contributed by atoms with Gasteiger partial charge in [0.15, 0.2) is 5.11 Å². The number of thiocarbonyl (C=S) groups is 1. The highest BCUT2D eigenvalue weighted by Gasteiger charge is 2.12. The molecule has 2 rings (SSSR count). The van der Waals surface area contributed by atoms with Crippen LogP contribution in [0.1, 0.15) is 29.8 Å². The number of rotatable bonds is 5. The zero-order valence-electron chi connectivity index (χ0n) is 12.8. The highest BCUT2D eigenvalue weighted by Crippen LogP contribution is 2.15. The van der Waals surface area contributed by atoms with Gasteiger partial charge in [-0.2, -0.15) is 5.10 Å². The molecule has 0 bridgehead atoms. The second-order valence-corrected chi connectivity index (χ2v) is 5.61. The minimum Gasteiger partial charge on any atom is -0.362 e. The molecule has 0 saturated carbocycles. The zero-order chi connectivity index (χ0) is 15.2. The smallest absolute Gasteiger partial charge is 0.166 e. The Kier molecular flexibility index (Phi) is 5.33. The Balaban J connectivity index is 1.78. The van der Waals surface area contributed by atoms with E-state index in [1.165, 1.54) is 11.1 Å². The molecule has 1 aromatic carbocycles. The van der Waals surface area contributed by atoms with Gasteiger partial charge in [0.2, 0.25) is 0 Å². The van der Waals surface area contributed by atoms with Gasteiger partial charge >= 0.3 is 0 Å². The van der Waals surface area contributed by atoms with Crippen LogP contribution in [0.3, 0.4) is 0 Å². The number of aromatic nitrogens is 2. The molecule has 1 unspecified atom stereocenters. The molecule has 0 aliphatic rings. The van der Waals surface area contributed by atoms with Gasteiger partial charge < -0.3 is 10.6 Å². The van der Waals surface area contributed by atoms with Gasteiger partial charge in [-0.15, -0.1) is 0 Å². The van der Waals surface area contributed by atoms with E-state index < -0.39 is 0 Å². The lowest BCUT2D eigenvalue weighted by Gasteiger charge is -2.16. The Morgan fingerprint density at radius 1 is 1.33 bits per heavy atom. The molecule has 1 heterocycles. The molecule has 21 heavy (non-hydrogen) atoms. The number of nitrogens with zero attached hydrogens (tertiary/aromatic N) is 2. The maximum Gasteiger partial charge on any atom is 0.166 e. The third-order valence-electron chi connectivity index (χ3n) is 3.41. The lowest BCUT2D eigenvalue weighted by molar-refractivity contribution is 0.691. The number of hydrogen-bond acceptors (Lipinski definition) is 2. The summed E-state index contributed by atoms with van der Waals surface area (Å²) in [5.74, 6) is 0. The third-order valence-corrected chi connectivity index (χ3v) is 3.67. The van der Waals surface area contributed by atoms with Crippen LogP contribution in [0.25, 0.3) is 0 Å². The van der Waals surface area contributed by atoms with Crippen molar-refractivity contribution in [2.45, 2.75) is 26.3 Å². The number of hydrogen-bond donors (Lipinski definition) is 2. The molecular formula is C16H22N4S. The molecule has 2 aromatic rings. The van der Waals surface area contributed by atoms with Crippen LogP contribution in [0.2, 0.25) is 0 Å². The first-order valence-corrected chi connectivity index (χ1v) is 7.55. The van der Waals surface area contributed by atoms with E-state index in [0.717, 1.165) is 18.7 Å². The average molecular weight is 302 g/mol. The van der Waals surface area contributed by atoms with Crippen molar-refractivity contribution >= 4 is 17.3 Å². The molecule has 0 aliphatic carbocycles. The van der Waals surface area contributed by atoms with Crippen molar-refractivity contribution in [2.24, 2.45) is 7.05 Å². The van der Waals surface area contributed by atoms with E-state index in [-0.39, 0.29) is 6.04 Å². The van der Waals surface area contributed by atoms with E-state index in [2.05, 4.69) is 46.9 Å². The van der Waals surface area contributed by atoms with Crippen LogP contribution in [-0.2, 0) is 13.5 Å². The molecule has 112 valence electrons. The summed E-state index contributed by atoms with van der Waals surface area (Å²) in [6, 6.07) is 10.5. The predicted molar refractivity (Wildman–Crippen MR) is 90.2 cm³/mol. The van der Waals surface area contributed by atoms with Crippen LogP contribution in [0.5, 0.6) is 0 Å². The minimum atomic E-state index is 0.149.